The molecule has 2 aliphatic rings. The zero-order valence-electron chi connectivity index (χ0n) is 21.7. The first-order valence-corrected chi connectivity index (χ1v) is 13.1. The van der Waals surface area contributed by atoms with Crippen LogP contribution in [0.3, 0.4) is 0 Å². The summed E-state index contributed by atoms with van der Waals surface area (Å²) < 4.78 is 5.75. The Labute approximate surface area is 222 Å². The van der Waals surface area contributed by atoms with E-state index in [9.17, 15) is 19.8 Å². The predicted molar refractivity (Wildman–Crippen MR) is 148 cm³/mol. The number of carbonyl (C=O) groups is 2. The van der Waals surface area contributed by atoms with Crippen molar-refractivity contribution in [2.24, 2.45) is 0 Å². The molecule has 2 fully saturated rings. The van der Waals surface area contributed by atoms with E-state index < -0.39 is 17.7 Å². The molecule has 3 aromatic rings. The quantitative estimate of drug-likeness (QED) is 0.239. The maximum atomic E-state index is 13.4. The van der Waals surface area contributed by atoms with Gasteiger partial charge in [0.15, 0.2) is 0 Å². The molecule has 0 aromatic heterocycles. The fourth-order valence-electron chi connectivity index (χ4n) is 5.20. The number of amides is 1. The molecule has 38 heavy (non-hydrogen) atoms. The molecule has 1 amide bonds. The molecule has 7 nitrogen and oxygen atoms in total. The smallest absolute Gasteiger partial charge is 0.300 e. The topological polar surface area (TPSA) is 90.3 Å². The number of rotatable bonds is 7. The van der Waals surface area contributed by atoms with Gasteiger partial charge in [-0.2, -0.15) is 0 Å². The van der Waals surface area contributed by atoms with Gasteiger partial charge < -0.3 is 19.8 Å². The molecule has 0 aliphatic carbocycles. The van der Waals surface area contributed by atoms with Gasteiger partial charge in [-0.05, 0) is 91.9 Å². The van der Waals surface area contributed by atoms with Gasteiger partial charge >= 0.3 is 0 Å². The Morgan fingerprint density at radius 2 is 1.61 bits per heavy atom. The van der Waals surface area contributed by atoms with Crippen molar-refractivity contribution in [2.75, 3.05) is 29.5 Å². The minimum atomic E-state index is -0.857. The fraction of sp³-hybridized carbons (Fsp3) is 0.290. The number of ketones is 1. The molecule has 2 heterocycles. The van der Waals surface area contributed by atoms with Crippen LogP contribution in [0.25, 0.3) is 5.76 Å². The van der Waals surface area contributed by atoms with Crippen LogP contribution in [-0.2, 0) is 9.59 Å². The van der Waals surface area contributed by atoms with Crippen molar-refractivity contribution in [3.05, 3.63) is 89.0 Å². The van der Waals surface area contributed by atoms with E-state index in [4.69, 9.17) is 4.74 Å². The summed E-state index contributed by atoms with van der Waals surface area (Å²) in [5, 5.41) is 21.3. The normalized spacial score (nSPS) is 18.8. The van der Waals surface area contributed by atoms with E-state index in [1.165, 1.54) is 17.0 Å². The standard InChI is InChI=1S/C31H32N2O5/c1-3-18-38-26-15-8-22(19-20(26)2)29(35)27-28(21-6-13-25(34)14-7-21)33(31(37)30(27)36)24-11-9-23(10-12-24)32-16-4-5-17-32/h6-15,19,28,34-35H,3-5,16-18H2,1-2H3/b29-27-. The van der Waals surface area contributed by atoms with Crippen LogP contribution in [0.15, 0.2) is 72.3 Å². The molecule has 2 aliphatic heterocycles. The zero-order chi connectivity index (χ0) is 26.8. The van der Waals surface area contributed by atoms with Crippen molar-refractivity contribution in [3.63, 3.8) is 0 Å². The number of anilines is 2. The van der Waals surface area contributed by atoms with Gasteiger partial charge in [-0.1, -0.05) is 19.1 Å². The number of aromatic hydroxyl groups is 1. The van der Waals surface area contributed by atoms with Crippen molar-refractivity contribution < 1.29 is 24.5 Å². The lowest BCUT2D eigenvalue weighted by atomic mass is 9.94. The lowest BCUT2D eigenvalue weighted by Gasteiger charge is -2.26. The summed E-state index contributed by atoms with van der Waals surface area (Å²) in [6, 6.07) is 18.3. The Hall–Kier alpha value is -4.26. The predicted octanol–water partition coefficient (Wildman–Crippen LogP) is 5.72. The molecule has 2 N–H and O–H groups in total. The SMILES string of the molecule is CCCOc1ccc(/C(O)=C2/C(=O)C(=O)N(c3ccc(N4CCCC4)cc3)C2c2ccc(O)cc2)cc1C. The summed E-state index contributed by atoms with van der Waals surface area (Å²) in [7, 11) is 0. The second-order valence-corrected chi connectivity index (χ2v) is 9.80. The fourth-order valence-corrected chi connectivity index (χ4v) is 5.20. The second-order valence-electron chi connectivity index (χ2n) is 9.80. The van der Waals surface area contributed by atoms with Crippen LogP contribution in [0.2, 0.25) is 0 Å². The maximum absolute atomic E-state index is 13.4. The number of Topliss-reactive ketones (excluding diaryl/α,β-unsaturated/α-hetero) is 1. The summed E-state index contributed by atoms with van der Waals surface area (Å²) in [5.74, 6) is -0.940. The molecule has 3 aromatic carbocycles. The van der Waals surface area contributed by atoms with Gasteiger partial charge in [-0.3, -0.25) is 14.5 Å². The summed E-state index contributed by atoms with van der Waals surface area (Å²) in [6.07, 6.45) is 3.18. The largest absolute Gasteiger partial charge is 0.508 e. The van der Waals surface area contributed by atoms with Crippen molar-refractivity contribution in [1.29, 1.82) is 0 Å². The Kier molecular flexibility index (Phi) is 7.09. The second kappa shape index (κ2) is 10.6. The average Bonchev–Trinajstić information content (AvgIpc) is 3.55. The number of aryl methyl sites for hydroxylation is 1. The molecular weight excluding hydrogens is 480 g/mol. The van der Waals surface area contributed by atoms with Gasteiger partial charge in [0, 0.05) is 30.0 Å². The lowest BCUT2D eigenvalue weighted by molar-refractivity contribution is -0.132. The van der Waals surface area contributed by atoms with Gasteiger partial charge in [0.25, 0.3) is 11.7 Å². The highest BCUT2D eigenvalue weighted by atomic mass is 16.5. The number of aliphatic hydroxyl groups is 1. The van der Waals surface area contributed by atoms with Crippen LogP contribution in [0.5, 0.6) is 11.5 Å². The van der Waals surface area contributed by atoms with Crippen LogP contribution >= 0.6 is 0 Å². The van der Waals surface area contributed by atoms with Gasteiger partial charge in [-0.15, -0.1) is 0 Å². The molecule has 1 atom stereocenters. The monoisotopic (exact) mass is 512 g/mol. The van der Waals surface area contributed by atoms with Crippen molar-refractivity contribution in [1.82, 2.24) is 0 Å². The number of hydrogen-bond acceptors (Lipinski definition) is 6. The van der Waals surface area contributed by atoms with Crippen molar-refractivity contribution >= 4 is 28.8 Å². The number of carbonyl (C=O) groups excluding carboxylic acids is 2. The molecule has 7 heteroatoms. The van der Waals surface area contributed by atoms with Gasteiger partial charge in [0.2, 0.25) is 0 Å². The van der Waals surface area contributed by atoms with Crippen LogP contribution in [0.4, 0.5) is 11.4 Å². The summed E-state index contributed by atoms with van der Waals surface area (Å²) >= 11 is 0. The first kappa shape index (κ1) is 25.4. The van der Waals surface area contributed by atoms with Gasteiger partial charge in [0.05, 0.1) is 18.2 Å². The summed E-state index contributed by atoms with van der Waals surface area (Å²) in [5.41, 5.74) is 3.49. The van der Waals surface area contributed by atoms with Crippen molar-refractivity contribution in [3.8, 4) is 11.5 Å². The van der Waals surface area contributed by atoms with Crippen molar-refractivity contribution in [2.45, 2.75) is 39.2 Å². The minimum absolute atomic E-state index is 0.00550. The van der Waals surface area contributed by atoms with E-state index in [-0.39, 0.29) is 17.1 Å². The van der Waals surface area contributed by atoms with E-state index in [2.05, 4.69) is 4.90 Å². The molecule has 2 saturated heterocycles. The van der Waals surface area contributed by atoms with E-state index >= 15 is 0 Å². The highest BCUT2D eigenvalue weighted by molar-refractivity contribution is 6.51. The maximum Gasteiger partial charge on any atom is 0.300 e. The van der Waals surface area contributed by atoms with E-state index in [1.54, 1.807) is 30.3 Å². The molecule has 0 spiro atoms. The third kappa shape index (κ3) is 4.72. The van der Waals surface area contributed by atoms with Crippen LogP contribution < -0.4 is 14.5 Å². The number of benzene rings is 3. The molecular formula is C31H32N2O5. The Bertz CT molecular complexity index is 1370. The third-order valence-corrected chi connectivity index (χ3v) is 7.16. The van der Waals surface area contributed by atoms with Crippen LogP contribution in [0.1, 0.15) is 48.9 Å². The highest BCUT2D eigenvalue weighted by Gasteiger charge is 2.47. The summed E-state index contributed by atoms with van der Waals surface area (Å²) in [4.78, 5) is 30.6. The first-order chi connectivity index (χ1) is 18.4. The number of aliphatic hydroxyl groups excluding tert-OH is 1. The van der Waals surface area contributed by atoms with E-state index in [0.29, 0.717) is 29.2 Å². The number of ether oxygens (including phenoxy) is 1. The number of phenolic OH excluding ortho intramolecular Hbond substituents is 1. The minimum Gasteiger partial charge on any atom is -0.508 e. The van der Waals surface area contributed by atoms with E-state index in [1.807, 2.05) is 38.1 Å². The number of phenols is 1. The van der Waals surface area contributed by atoms with Crippen LogP contribution in [-0.4, -0.2) is 41.6 Å². The summed E-state index contributed by atoms with van der Waals surface area (Å²) in [6.45, 7) is 6.48. The molecule has 0 bridgehead atoms. The average molecular weight is 513 g/mol. The lowest BCUT2D eigenvalue weighted by Crippen LogP contribution is -2.29. The highest BCUT2D eigenvalue weighted by Crippen LogP contribution is 2.43. The van der Waals surface area contributed by atoms with Gasteiger partial charge in [0.1, 0.15) is 17.3 Å². The molecule has 5 rings (SSSR count). The third-order valence-electron chi connectivity index (χ3n) is 7.16. The Morgan fingerprint density at radius 3 is 2.24 bits per heavy atom. The Morgan fingerprint density at radius 1 is 0.947 bits per heavy atom. The molecule has 196 valence electrons. The molecule has 0 radical (unpaired) electrons. The van der Waals surface area contributed by atoms with E-state index in [0.717, 1.165) is 43.6 Å². The first-order valence-electron chi connectivity index (χ1n) is 13.1. The molecule has 0 saturated carbocycles. The molecule has 1 unspecified atom stereocenters. The van der Waals surface area contributed by atoms with Crippen LogP contribution in [0, 0.1) is 6.92 Å². The van der Waals surface area contributed by atoms with Gasteiger partial charge in [-0.25, -0.2) is 0 Å². The zero-order valence-corrected chi connectivity index (χ0v) is 21.7. The number of nitrogens with zero attached hydrogens (tertiary/aromatic N) is 2. The Balaban J connectivity index is 1.59. The number of hydrogen-bond donors (Lipinski definition) is 2.